The van der Waals surface area contributed by atoms with E-state index < -0.39 is 0 Å². The molecule has 0 saturated heterocycles. The topological polar surface area (TPSA) is 39.5 Å². The molecule has 3 heteroatoms. The Labute approximate surface area is 71.6 Å². The highest BCUT2D eigenvalue weighted by atomic mass is 16.5. The molecular formula is C9H12N2O. The number of fused-ring (bicyclic) bond motifs is 1. The van der Waals surface area contributed by atoms with Crippen LogP contribution in [0.1, 0.15) is 5.56 Å². The maximum absolute atomic E-state index is 11.5. The van der Waals surface area contributed by atoms with Gasteiger partial charge in [0.25, 0.3) is 0 Å². The molecular weight excluding hydrogens is 152 g/mol. The SMILES string of the molecule is [O-][NH+]1CCNCc2ccccc21. The Morgan fingerprint density at radius 1 is 1.33 bits per heavy atom. The smallest absolute Gasteiger partial charge is 0.135 e. The van der Waals surface area contributed by atoms with Gasteiger partial charge in [0.2, 0.25) is 0 Å². The highest BCUT2D eigenvalue weighted by Crippen LogP contribution is 2.10. The van der Waals surface area contributed by atoms with E-state index in [0.717, 1.165) is 24.3 Å². The maximum atomic E-state index is 11.5. The molecule has 0 bridgehead atoms. The molecule has 0 amide bonds. The van der Waals surface area contributed by atoms with Crippen molar-refractivity contribution >= 4 is 5.69 Å². The number of quaternary nitrogens is 1. The van der Waals surface area contributed by atoms with Crippen LogP contribution in [-0.2, 0) is 6.54 Å². The van der Waals surface area contributed by atoms with E-state index in [0.29, 0.717) is 6.54 Å². The predicted octanol–water partition coefficient (Wildman–Crippen LogP) is -0.196. The zero-order valence-electron chi connectivity index (χ0n) is 6.84. The number of hydrogen-bond acceptors (Lipinski definition) is 2. The van der Waals surface area contributed by atoms with E-state index in [2.05, 4.69) is 5.32 Å². The van der Waals surface area contributed by atoms with Gasteiger partial charge in [0.1, 0.15) is 5.69 Å². The summed E-state index contributed by atoms with van der Waals surface area (Å²) < 4.78 is 0. The first kappa shape index (κ1) is 7.73. The second kappa shape index (κ2) is 3.23. The molecule has 1 aliphatic rings. The van der Waals surface area contributed by atoms with Crippen LogP contribution in [-0.4, -0.2) is 13.1 Å². The minimum Gasteiger partial charge on any atom is -0.629 e. The molecule has 12 heavy (non-hydrogen) atoms. The summed E-state index contributed by atoms with van der Waals surface area (Å²) in [7, 11) is 0. The van der Waals surface area contributed by atoms with Crippen LogP contribution in [0.15, 0.2) is 24.3 Å². The van der Waals surface area contributed by atoms with E-state index in [-0.39, 0.29) is 5.06 Å². The largest absolute Gasteiger partial charge is 0.629 e. The van der Waals surface area contributed by atoms with Gasteiger partial charge in [-0.1, -0.05) is 18.2 Å². The third-order valence-electron chi connectivity index (χ3n) is 2.16. The van der Waals surface area contributed by atoms with Crippen molar-refractivity contribution in [2.24, 2.45) is 0 Å². The summed E-state index contributed by atoms with van der Waals surface area (Å²) in [6.07, 6.45) is 0. The van der Waals surface area contributed by atoms with Crippen LogP contribution in [0.2, 0.25) is 0 Å². The molecule has 0 radical (unpaired) electrons. The van der Waals surface area contributed by atoms with Crippen LogP contribution in [0, 0.1) is 5.21 Å². The van der Waals surface area contributed by atoms with Crippen molar-refractivity contribution in [3.63, 3.8) is 0 Å². The standard InChI is InChI=1S/C9H12N2O/c12-11-6-5-10-7-8-3-1-2-4-9(8)11/h1-4,10-11H,5-7H2. The lowest BCUT2D eigenvalue weighted by molar-refractivity contribution is -0.774. The molecule has 0 saturated carbocycles. The van der Waals surface area contributed by atoms with E-state index >= 15 is 0 Å². The summed E-state index contributed by atoms with van der Waals surface area (Å²) in [6.45, 7) is 2.24. The Hall–Kier alpha value is -0.900. The van der Waals surface area contributed by atoms with Crippen LogP contribution < -0.4 is 10.4 Å². The Balaban J connectivity index is 2.39. The Kier molecular flexibility index (Phi) is 2.08. The van der Waals surface area contributed by atoms with E-state index in [1.54, 1.807) is 0 Å². The van der Waals surface area contributed by atoms with Gasteiger partial charge in [0.15, 0.2) is 0 Å². The van der Waals surface area contributed by atoms with Crippen molar-refractivity contribution in [2.75, 3.05) is 13.1 Å². The van der Waals surface area contributed by atoms with Crippen LogP contribution in [0.4, 0.5) is 5.69 Å². The first-order valence-electron chi connectivity index (χ1n) is 4.20. The number of benzene rings is 1. The minimum atomic E-state index is 0.260. The van der Waals surface area contributed by atoms with Gasteiger partial charge in [-0.3, -0.25) is 0 Å². The molecule has 0 spiro atoms. The highest BCUT2D eigenvalue weighted by Gasteiger charge is 2.11. The molecule has 0 aromatic heterocycles. The Morgan fingerprint density at radius 2 is 2.17 bits per heavy atom. The van der Waals surface area contributed by atoms with Gasteiger partial charge in [0.05, 0.1) is 6.54 Å². The fraction of sp³-hybridized carbons (Fsp3) is 0.333. The van der Waals surface area contributed by atoms with Gasteiger partial charge in [-0.15, -0.1) is 0 Å². The predicted molar refractivity (Wildman–Crippen MR) is 47.0 cm³/mol. The lowest BCUT2D eigenvalue weighted by atomic mass is 10.2. The Morgan fingerprint density at radius 3 is 3.08 bits per heavy atom. The minimum absolute atomic E-state index is 0.260. The fourth-order valence-corrected chi connectivity index (χ4v) is 1.51. The van der Waals surface area contributed by atoms with Gasteiger partial charge in [-0.05, 0) is 6.07 Å². The van der Waals surface area contributed by atoms with Crippen LogP contribution in [0.5, 0.6) is 0 Å². The lowest BCUT2D eigenvalue weighted by Gasteiger charge is -2.20. The molecule has 0 aliphatic carbocycles. The summed E-state index contributed by atoms with van der Waals surface area (Å²) in [5.41, 5.74) is 2.02. The average Bonchev–Trinajstić information content (AvgIpc) is 2.29. The molecule has 0 fully saturated rings. The second-order valence-corrected chi connectivity index (χ2v) is 3.01. The van der Waals surface area contributed by atoms with Gasteiger partial charge < -0.3 is 15.6 Å². The number of hydrogen-bond donors (Lipinski definition) is 2. The molecule has 3 nitrogen and oxygen atoms in total. The van der Waals surface area contributed by atoms with E-state index in [1.807, 2.05) is 24.3 Å². The van der Waals surface area contributed by atoms with Crippen molar-refractivity contribution in [3.8, 4) is 0 Å². The zero-order valence-corrected chi connectivity index (χ0v) is 6.84. The van der Waals surface area contributed by atoms with Crippen molar-refractivity contribution in [1.29, 1.82) is 0 Å². The second-order valence-electron chi connectivity index (χ2n) is 3.01. The van der Waals surface area contributed by atoms with Crippen LogP contribution in [0.25, 0.3) is 0 Å². The average molecular weight is 164 g/mol. The highest BCUT2D eigenvalue weighted by molar-refractivity contribution is 5.39. The van der Waals surface area contributed by atoms with Crippen molar-refractivity contribution in [1.82, 2.24) is 5.32 Å². The van der Waals surface area contributed by atoms with E-state index in [4.69, 9.17) is 0 Å². The number of hydroxylamine groups is 1. The molecule has 2 rings (SSSR count). The molecule has 1 heterocycles. The maximum Gasteiger partial charge on any atom is 0.135 e. The molecule has 1 aromatic carbocycles. The molecule has 1 unspecified atom stereocenters. The zero-order chi connectivity index (χ0) is 8.39. The van der Waals surface area contributed by atoms with Crippen LogP contribution in [0.3, 0.4) is 0 Å². The van der Waals surface area contributed by atoms with Gasteiger partial charge in [-0.2, -0.15) is 0 Å². The van der Waals surface area contributed by atoms with Crippen LogP contribution >= 0.6 is 0 Å². The normalized spacial score (nSPS) is 22.9. The molecule has 1 aromatic rings. The van der Waals surface area contributed by atoms with E-state index in [9.17, 15) is 5.21 Å². The third kappa shape index (κ3) is 1.34. The third-order valence-corrected chi connectivity index (χ3v) is 2.16. The van der Waals surface area contributed by atoms with Gasteiger partial charge in [-0.25, -0.2) is 0 Å². The number of para-hydroxylation sites is 1. The summed E-state index contributed by atoms with van der Waals surface area (Å²) in [6, 6.07) is 7.80. The summed E-state index contributed by atoms with van der Waals surface area (Å²) >= 11 is 0. The first-order valence-corrected chi connectivity index (χ1v) is 4.20. The fourth-order valence-electron chi connectivity index (χ4n) is 1.51. The molecule has 1 aliphatic heterocycles. The monoisotopic (exact) mass is 164 g/mol. The van der Waals surface area contributed by atoms with Gasteiger partial charge >= 0.3 is 0 Å². The Bertz CT molecular complexity index is 275. The van der Waals surface area contributed by atoms with Crippen molar-refractivity contribution in [2.45, 2.75) is 6.54 Å². The number of nitrogens with one attached hydrogen (secondary N) is 2. The molecule has 64 valence electrons. The quantitative estimate of drug-likeness (QED) is 0.521. The first-order chi connectivity index (χ1) is 5.88. The van der Waals surface area contributed by atoms with Crippen molar-refractivity contribution in [3.05, 3.63) is 35.0 Å². The van der Waals surface area contributed by atoms with Crippen molar-refractivity contribution < 1.29 is 5.06 Å². The summed E-state index contributed by atoms with van der Waals surface area (Å²) in [5.74, 6) is 0. The summed E-state index contributed by atoms with van der Waals surface area (Å²) in [4.78, 5) is 0. The molecule has 2 N–H and O–H groups in total. The lowest BCUT2D eigenvalue weighted by Crippen LogP contribution is -3.02. The van der Waals surface area contributed by atoms with E-state index in [1.165, 1.54) is 0 Å². The summed E-state index contributed by atoms with van der Waals surface area (Å²) in [5, 5.41) is 14.9. The number of rotatable bonds is 0. The van der Waals surface area contributed by atoms with Gasteiger partial charge in [0, 0.05) is 18.7 Å². The molecule has 1 atom stereocenters.